The molecule has 1 heterocycles. The summed E-state index contributed by atoms with van der Waals surface area (Å²) in [7, 11) is 0. The first-order valence-electron chi connectivity index (χ1n) is 5.85. The SMILES string of the molecule is Cc1cc(=O)n(-c2c(F)cc(F)cc2Br)c(C)c1C(=O)O. The van der Waals surface area contributed by atoms with Crippen molar-refractivity contribution in [1.29, 1.82) is 0 Å². The van der Waals surface area contributed by atoms with Crippen molar-refractivity contribution >= 4 is 21.9 Å². The van der Waals surface area contributed by atoms with Gasteiger partial charge in [0.25, 0.3) is 5.56 Å². The van der Waals surface area contributed by atoms with Crippen molar-refractivity contribution in [3.8, 4) is 5.69 Å². The van der Waals surface area contributed by atoms with Crippen LogP contribution in [0.25, 0.3) is 5.69 Å². The van der Waals surface area contributed by atoms with E-state index in [-0.39, 0.29) is 27.0 Å². The zero-order valence-corrected chi connectivity index (χ0v) is 12.7. The van der Waals surface area contributed by atoms with Crippen LogP contribution in [0, 0.1) is 25.5 Å². The Kier molecular flexibility index (Phi) is 3.95. The second-order valence-electron chi connectivity index (χ2n) is 4.48. The van der Waals surface area contributed by atoms with Gasteiger partial charge < -0.3 is 5.11 Å². The van der Waals surface area contributed by atoms with Gasteiger partial charge in [0.2, 0.25) is 0 Å². The van der Waals surface area contributed by atoms with Crippen LogP contribution in [-0.4, -0.2) is 15.6 Å². The number of aryl methyl sites for hydroxylation is 1. The van der Waals surface area contributed by atoms with Crippen LogP contribution in [0.3, 0.4) is 0 Å². The van der Waals surface area contributed by atoms with Crippen LogP contribution in [0.2, 0.25) is 0 Å². The summed E-state index contributed by atoms with van der Waals surface area (Å²) in [5.41, 5.74) is -0.563. The van der Waals surface area contributed by atoms with Crippen LogP contribution in [0.1, 0.15) is 21.6 Å². The van der Waals surface area contributed by atoms with Gasteiger partial charge in [-0.2, -0.15) is 0 Å². The van der Waals surface area contributed by atoms with Crippen molar-refractivity contribution in [2.45, 2.75) is 13.8 Å². The summed E-state index contributed by atoms with van der Waals surface area (Å²) >= 11 is 3.00. The van der Waals surface area contributed by atoms with Gasteiger partial charge in [-0.25, -0.2) is 13.6 Å². The predicted octanol–water partition coefficient (Wildman–Crippen LogP) is 3.19. The van der Waals surface area contributed by atoms with Crippen LogP contribution < -0.4 is 5.56 Å². The van der Waals surface area contributed by atoms with Gasteiger partial charge in [-0.15, -0.1) is 0 Å². The van der Waals surface area contributed by atoms with Gasteiger partial charge in [-0.1, -0.05) is 0 Å². The van der Waals surface area contributed by atoms with Gasteiger partial charge in [0.1, 0.15) is 5.82 Å². The van der Waals surface area contributed by atoms with Crippen LogP contribution in [-0.2, 0) is 0 Å². The fourth-order valence-electron chi connectivity index (χ4n) is 2.23. The Morgan fingerprint density at radius 2 is 1.86 bits per heavy atom. The Morgan fingerprint density at radius 3 is 2.38 bits per heavy atom. The molecule has 0 aliphatic heterocycles. The van der Waals surface area contributed by atoms with E-state index < -0.39 is 23.2 Å². The van der Waals surface area contributed by atoms with E-state index in [0.29, 0.717) is 6.07 Å². The second-order valence-corrected chi connectivity index (χ2v) is 5.34. The molecule has 110 valence electrons. The summed E-state index contributed by atoms with van der Waals surface area (Å²) in [5, 5.41) is 9.21. The van der Waals surface area contributed by atoms with Crippen molar-refractivity contribution < 1.29 is 18.7 Å². The molecule has 0 saturated heterocycles. The summed E-state index contributed by atoms with van der Waals surface area (Å²) < 4.78 is 28.1. The summed E-state index contributed by atoms with van der Waals surface area (Å²) in [6, 6.07) is 2.74. The lowest BCUT2D eigenvalue weighted by atomic mass is 10.1. The molecule has 0 amide bonds. The molecule has 0 unspecified atom stereocenters. The number of carbonyl (C=O) groups is 1. The predicted molar refractivity (Wildman–Crippen MR) is 76.1 cm³/mol. The molecule has 0 aliphatic rings. The van der Waals surface area contributed by atoms with E-state index in [4.69, 9.17) is 0 Å². The Labute approximate surface area is 126 Å². The molecular weight excluding hydrogens is 348 g/mol. The van der Waals surface area contributed by atoms with Crippen molar-refractivity contribution in [3.63, 3.8) is 0 Å². The zero-order chi connectivity index (χ0) is 15.9. The molecule has 4 nitrogen and oxygen atoms in total. The number of carboxylic acids is 1. The molecule has 0 bridgehead atoms. The standard InChI is InChI=1S/C14H10BrF2NO3/c1-6-3-11(19)18(7(2)12(6)14(20)21)13-9(15)4-8(16)5-10(13)17/h3-5H,1-2H3,(H,20,21). The minimum absolute atomic E-state index is 0.0189. The van der Waals surface area contributed by atoms with Crippen LogP contribution in [0.4, 0.5) is 8.78 Å². The number of rotatable bonds is 2. The van der Waals surface area contributed by atoms with Crippen molar-refractivity contribution in [1.82, 2.24) is 4.57 Å². The van der Waals surface area contributed by atoms with Gasteiger partial charge in [0, 0.05) is 22.3 Å². The third kappa shape index (κ3) is 2.61. The van der Waals surface area contributed by atoms with E-state index in [1.807, 2.05) is 0 Å². The van der Waals surface area contributed by atoms with E-state index in [0.717, 1.165) is 16.7 Å². The summed E-state index contributed by atoms with van der Waals surface area (Å²) in [5.74, 6) is -3.00. The minimum atomic E-state index is -1.22. The highest BCUT2D eigenvalue weighted by atomic mass is 79.9. The van der Waals surface area contributed by atoms with E-state index in [1.165, 1.54) is 13.8 Å². The molecular formula is C14H10BrF2NO3. The lowest BCUT2D eigenvalue weighted by Crippen LogP contribution is -2.25. The summed E-state index contributed by atoms with van der Waals surface area (Å²) in [4.78, 5) is 23.4. The topological polar surface area (TPSA) is 59.3 Å². The average Bonchev–Trinajstić information content (AvgIpc) is 2.30. The summed E-state index contributed by atoms with van der Waals surface area (Å²) in [6.45, 7) is 2.88. The largest absolute Gasteiger partial charge is 0.478 e. The highest BCUT2D eigenvalue weighted by Gasteiger charge is 2.20. The van der Waals surface area contributed by atoms with Crippen LogP contribution in [0.5, 0.6) is 0 Å². The molecule has 0 radical (unpaired) electrons. The maximum Gasteiger partial charge on any atom is 0.337 e. The number of hydrogen-bond donors (Lipinski definition) is 1. The second kappa shape index (κ2) is 5.40. The van der Waals surface area contributed by atoms with Crippen molar-refractivity contribution in [2.75, 3.05) is 0 Å². The zero-order valence-electron chi connectivity index (χ0n) is 11.1. The van der Waals surface area contributed by atoms with Gasteiger partial charge in [-0.05, 0) is 41.4 Å². The van der Waals surface area contributed by atoms with Gasteiger partial charge in [0.15, 0.2) is 5.82 Å². The lowest BCUT2D eigenvalue weighted by molar-refractivity contribution is 0.0694. The molecule has 2 aromatic rings. The number of halogens is 3. The van der Waals surface area contributed by atoms with Crippen LogP contribution in [0.15, 0.2) is 27.5 Å². The molecule has 1 aromatic carbocycles. The summed E-state index contributed by atoms with van der Waals surface area (Å²) in [6.07, 6.45) is 0. The van der Waals surface area contributed by atoms with Gasteiger partial charge >= 0.3 is 5.97 Å². The molecule has 0 aliphatic carbocycles. The van der Waals surface area contributed by atoms with Gasteiger partial charge in [-0.3, -0.25) is 9.36 Å². The van der Waals surface area contributed by atoms with E-state index in [9.17, 15) is 23.5 Å². The number of pyridine rings is 1. The normalized spacial score (nSPS) is 10.7. The fourth-order valence-corrected chi connectivity index (χ4v) is 2.82. The number of aromatic carboxylic acids is 1. The first kappa shape index (κ1) is 15.4. The highest BCUT2D eigenvalue weighted by molar-refractivity contribution is 9.10. The fraction of sp³-hybridized carbons (Fsp3) is 0.143. The molecule has 1 N–H and O–H groups in total. The Bertz CT molecular complexity index is 792. The maximum atomic E-state index is 14.0. The monoisotopic (exact) mass is 357 g/mol. The molecule has 2 rings (SSSR count). The van der Waals surface area contributed by atoms with E-state index >= 15 is 0 Å². The molecule has 0 spiro atoms. The van der Waals surface area contributed by atoms with Crippen molar-refractivity contribution in [3.05, 3.63) is 61.5 Å². The molecule has 1 aromatic heterocycles. The van der Waals surface area contributed by atoms with Crippen LogP contribution >= 0.6 is 15.9 Å². The lowest BCUT2D eigenvalue weighted by Gasteiger charge is -2.16. The van der Waals surface area contributed by atoms with Gasteiger partial charge in [0.05, 0.1) is 11.3 Å². The number of nitrogens with zero attached hydrogens (tertiary/aromatic N) is 1. The molecule has 0 saturated carbocycles. The van der Waals surface area contributed by atoms with Crippen molar-refractivity contribution in [2.24, 2.45) is 0 Å². The Morgan fingerprint density at radius 1 is 1.24 bits per heavy atom. The Hall–Kier alpha value is -2.02. The first-order chi connectivity index (χ1) is 9.73. The average molecular weight is 358 g/mol. The number of benzene rings is 1. The Balaban J connectivity index is 2.92. The number of hydrogen-bond acceptors (Lipinski definition) is 2. The molecule has 7 heteroatoms. The smallest absolute Gasteiger partial charge is 0.337 e. The highest BCUT2D eigenvalue weighted by Crippen LogP contribution is 2.26. The quantitative estimate of drug-likeness (QED) is 0.897. The maximum absolute atomic E-state index is 14.0. The number of carboxylic acid groups (broad SMARTS) is 1. The third-order valence-corrected chi connectivity index (χ3v) is 3.68. The molecule has 0 atom stereocenters. The molecule has 21 heavy (non-hydrogen) atoms. The minimum Gasteiger partial charge on any atom is -0.478 e. The van der Waals surface area contributed by atoms with E-state index in [1.54, 1.807) is 0 Å². The third-order valence-electron chi connectivity index (χ3n) is 3.07. The van der Waals surface area contributed by atoms with E-state index in [2.05, 4.69) is 15.9 Å². The number of aromatic nitrogens is 1. The molecule has 0 fully saturated rings. The first-order valence-corrected chi connectivity index (χ1v) is 6.64.